The van der Waals surface area contributed by atoms with Crippen molar-refractivity contribution in [2.24, 2.45) is 10.7 Å². The Balaban J connectivity index is 4.28. The highest BCUT2D eigenvalue weighted by molar-refractivity contribution is 7.98. The van der Waals surface area contributed by atoms with Crippen LogP contribution in [0.1, 0.15) is 0 Å². The molecular weight excluding hydrogens is 144 g/mol. The molecule has 2 nitrogen and oxygen atoms in total. The van der Waals surface area contributed by atoms with Gasteiger partial charge in [-0.2, -0.15) is 11.8 Å². The molecule has 0 aromatic carbocycles. The van der Waals surface area contributed by atoms with Gasteiger partial charge in [0.05, 0.1) is 0 Å². The normalized spacial score (nSPS) is 12.1. The van der Waals surface area contributed by atoms with Crippen molar-refractivity contribution < 1.29 is 0 Å². The molecule has 0 saturated carbocycles. The zero-order chi connectivity index (χ0) is 7.98. The molecule has 0 heterocycles. The Hall–Kier alpha value is -0.700. The minimum Gasteiger partial charge on any atom is -0.383 e. The van der Waals surface area contributed by atoms with Gasteiger partial charge in [-0.05, 0) is 13.0 Å². The molecule has 0 aromatic rings. The molecule has 10 heavy (non-hydrogen) atoms. The number of hydrogen-bond acceptors (Lipinski definition) is 3. The largest absolute Gasteiger partial charge is 0.383 e. The van der Waals surface area contributed by atoms with E-state index in [4.69, 9.17) is 5.73 Å². The third kappa shape index (κ3) is 2.73. The van der Waals surface area contributed by atoms with Gasteiger partial charge in [-0.25, -0.2) is 4.99 Å². The zero-order valence-electron chi connectivity index (χ0n) is 6.13. The van der Waals surface area contributed by atoms with Crippen molar-refractivity contribution in [3.05, 3.63) is 24.0 Å². The van der Waals surface area contributed by atoms with Gasteiger partial charge in [-0.15, -0.1) is 0 Å². The number of nitrogens with zero attached hydrogens (tertiary/aromatic N) is 1. The van der Waals surface area contributed by atoms with Gasteiger partial charge in [-0.1, -0.05) is 12.7 Å². The Morgan fingerprint density at radius 1 is 1.80 bits per heavy atom. The van der Waals surface area contributed by atoms with E-state index in [0.717, 1.165) is 11.3 Å². The van der Waals surface area contributed by atoms with Crippen LogP contribution in [-0.2, 0) is 0 Å². The van der Waals surface area contributed by atoms with E-state index in [0.29, 0.717) is 5.82 Å². The van der Waals surface area contributed by atoms with Gasteiger partial charge < -0.3 is 5.73 Å². The molecule has 0 unspecified atom stereocenters. The highest BCUT2D eigenvalue weighted by Crippen LogP contribution is 2.07. The summed E-state index contributed by atoms with van der Waals surface area (Å²) in [6, 6.07) is 0. The zero-order valence-corrected chi connectivity index (χ0v) is 6.95. The second-order valence-electron chi connectivity index (χ2n) is 1.71. The maximum atomic E-state index is 5.48. The molecule has 0 fully saturated rings. The van der Waals surface area contributed by atoms with E-state index >= 15 is 0 Å². The van der Waals surface area contributed by atoms with E-state index in [2.05, 4.69) is 18.3 Å². The highest BCUT2D eigenvalue weighted by Gasteiger charge is 1.94. The molecule has 3 heteroatoms. The van der Waals surface area contributed by atoms with Gasteiger partial charge >= 0.3 is 0 Å². The van der Waals surface area contributed by atoms with E-state index in [-0.39, 0.29) is 0 Å². The second kappa shape index (κ2) is 5.11. The summed E-state index contributed by atoms with van der Waals surface area (Å²) in [5.41, 5.74) is 6.43. The van der Waals surface area contributed by atoms with Gasteiger partial charge in [0, 0.05) is 11.3 Å². The van der Waals surface area contributed by atoms with Crippen LogP contribution < -0.4 is 5.73 Å². The fourth-order valence-corrected chi connectivity index (χ4v) is 1.07. The monoisotopic (exact) mass is 156 g/mol. The van der Waals surface area contributed by atoms with E-state index in [9.17, 15) is 0 Å². The lowest BCUT2D eigenvalue weighted by Gasteiger charge is -1.99. The van der Waals surface area contributed by atoms with Crippen LogP contribution in [0.3, 0.4) is 0 Å². The summed E-state index contributed by atoms with van der Waals surface area (Å²) < 4.78 is 0. The molecule has 0 saturated heterocycles. The Morgan fingerprint density at radius 2 is 2.40 bits per heavy atom. The molecule has 0 aromatic heterocycles. The minimum absolute atomic E-state index is 0.476. The lowest BCUT2D eigenvalue weighted by molar-refractivity contribution is 1.20. The maximum absolute atomic E-state index is 5.48. The SMILES string of the molecule is C=C/C(CSC)=C(/N)N=C. The predicted octanol–water partition coefficient (Wildman–Crippen LogP) is 1.41. The van der Waals surface area contributed by atoms with Gasteiger partial charge in [0.2, 0.25) is 0 Å². The third-order valence-electron chi connectivity index (χ3n) is 1.05. The van der Waals surface area contributed by atoms with Crippen LogP contribution in [0.25, 0.3) is 0 Å². The minimum atomic E-state index is 0.476. The Kier molecular flexibility index (Phi) is 4.76. The van der Waals surface area contributed by atoms with Crippen LogP contribution in [0.4, 0.5) is 0 Å². The standard InChI is InChI=1S/C7H12N2S/c1-4-6(5-10-3)7(8)9-2/h4H,1-2,5,8H2,3H3/b7-6+. The van der Waals surface area contributed by atoms with Crippen molar-refractivity contribution >= 4 is 18.5 Å². The molecule has 0 atom stereocenters. The molecule has 0 rings (SSSR count). The van der Waals surface area contributed by atoms with Crippen molar-refractivity contribution in [1.29, 1.82) is 0 Å². The van der Waals surface area contributed by atoms with Crippen LogP contribution in [0.2, 0.25) is 0 Å². The average molecular weight is 156 g/mol. The van der Waals surface area contributed by atoms with E-state index in [1.807, 2.05) is 6.26 Å². The van der Waals surface area contributed by atoms with Crippen LogP contribution in [0.5, 0.6) is 0 Å². The molecule has 0 amide bonds. The summed E-state index contributed by atoms with van der Waals surface area (Å²) in [5, 5.41) is 0. The first kappa shape index (κ1) is 9.30. The topological polar surface area (TPSA) is 38.4 Å². The lowest BCUT2D eigenvalue weighted by atomic mass is 10.3. The molecule has 56 valence electrons. The predicted molar refractivity (Wildman–Crippen MR) is 49.3 cm³/mol. The maximum Gasteiger partial charge on any atom is 0.126 e. The molecular formula is C7H12N2S. The number of hydrogen-bond donors (Lipinski definition) is 1. The van der Waals surface area contributed by atoms with Crippen molar-refractivity contribution in [3.63, 3.8) is 0 Å². The molecule has 0 radical (unpaired) electrons. The Bertz CT molecular complexity index is 161. The fourth-order valence-electron chi connectivity index (χ4n) is 0.494. The quantitative estimate of drug-likeness (QED) is 0.493. The van der Waals surface area contributed by atoms with Crippen molar-refractivity contribution in [2.45, 2.75) is 0 Å². The van der Waals surface area contributed by atoms with E-state index in [1.54, 1.807) is 17.8 Å². The number of rotatable bonds is 4. The third-order valence-corrected chi connectivity index (χ3v) is 1.65. The number of aliphatic imine (C=N–C) groups is 1. The van der Waals surface area contributed by atoms with Crippen LogP contribution in [0, 0.1) is 0 Å². The van der Waals surface area contributed by atoms with Crippen LogP contribution in [0.15, 0.2) is 29.0 Å². The summed E-state index contributed by atoms with van der Waals surface area (Å²) >= 11 is 1.68. The molecule has 0 aliphatic rings. The van der Waals surface area contributed by atoms with Gasteiger partial charge in [0.15, 0.2) is 0 Å². The number of thioether (sulfide) groups is 1. The second-order valence-corrected chi connectivity index (χ2v) is 2.57. The van der Waals surface area contributed by atoms with Crippen LogP contribution >= 0.6 is 11.8 Å². The van der Waals surface area contributed by atoms with E-state index in [1.165, 1.54) is 0 Å². The van der Waals surface area contributed by atoms with E-state index < -0.39 is 0 Å². The molecule has 0 spiro atoms. The van der Waals surface area contributed by atoms with Crippen LogP contribution in [-0.4, -0.2) is 18.7 Å². The molecule has 2 N–H and O–H groups in total. The molecule has 0 aliphatic heterocycles. The van der Waals surface area contributed by atoms with Gasteiger partial charge in [0.25, 0.3) is 0 Å². The smallest absolute Gasteiger partial charge is 0.126 e. The number of nitrogens with two attached hydrogens (primary N) is 1. The van der Waals surface area contributed by atoms with Crippen molar-refractivity contribution in [1.82, 2.24) is 0 Å². The summed E-state index contributed by atoms with van der Waals surface area (Å²) in [6.45, 7) is 6.93. The Morgan fingerprint density at radius 3 is 2.70 bits per heavy atom. The summed E-state index contributed by atoms with van der Waals surface area (Å²) in [7, 11) is 0. The average Bonchev–Trinajstić information content (AvgIpc) is 1.99. The Labute approximate surface area is 65.9 Å². The lowest BCUT2D eigenvalue weighted by Crippen LogP contribution is -1.99. The highest BCUT2D eigenvalue weighted by atomic mass is 32.2. The van der Waals surface area contributed by atoms with Gasteiger partial charge in [0.1, 0.15) is 5.82 Å². The summed E-state index contributed by atoms with van der Waals surface area (Å²) in [5.74, 6) is 1.32. The number of allylic oxidation sites excluding steroid dienone is 1. The van der Waals surface area contributed by atoms with Crippen molar-refractivity contribution in [2.75, 3.05) is 12.0 Å². The van der Waals surface area contributed by atoms with Crippen molar-refractivity contribution in [3.8, 4) is 0 Å². The first-order chi connectivity index (χ1) is 4.76. The molecule has 0 bridgehead atoms. The molecule has 0 aliphatic carbocycles. The summed E-state index contributed by atoms with van der Waals surface area (Å²) in [6.07, 6.45) is 3.71. The fraction of sp³-hybridized carbons (Fsp3) is 0.286. The summed E-state index contributed by atoms with van der Waals surface area (Å²) in [4.78, 5) is 3.60. The first-order valence-electron chi connectivity index (χ1n) is 2.83. The first-order valence-corrected chi connectivity index (χ1v) is 4.22. The van der Waals surface area contributed by atoms with Gasteiger partial charge in [-0.3, -0.25) is 0 Å².